The molecule has 0 fully saturated rings. The number of carboxylic acid groups (broad SMARTS) is 1. The number of phenolic OH excluding ortho intramolecular Hbond substituents is 3. The first-order valence-corrected chi connectivity index (χ1v) is 31.7. The molecule has 0 aliphatic carbocycles. The van der Waals surface area contributed by atoms with Crippen molar-refractivity contribution in [2.45, 2.75) is 63.8 Å². The van der Waals surface area contributed by atoms with Gasteiger partial charge in [-0.15, -0.1) is 12.4 Å². The summed E-state index contributed by atoms with van der Waals surface area (Å²) < 4.78 is 43.5. The van der Waals surface area contributed by atoms with Crippen LogP contribution in [0.1, 0.15) is 101 Å². The Hall–Kier alpha value is -6.76. The number of fused-ring (bicyclic) bond motifs is 2. The van der Waals surface area contributed by atoms with E-state index in [0.717, 1.165) is 59.0 Å². The van der Waals surface area contributed by atoms with Gasteiger partial charge in [0.1, 0.15) is 36.1 Å². The Morgan fingerprint density at radius 1 is 0.602 bits per heavy atom. The minimum atomic E-state index is -3.91. The molecule has 0 spiro atoms. The fourth-order valence-electron chi connectivity index (χ4n) is 8.33. The Bertz CT molecular complexity index is 3690. The van der Waals surface area contributed by atoms with Gasteiger partial charge in [-0.05, 0) is 136 Å². The first kappa shape index (κ1) is 91.2. The van der Waals surface area contributed by atoms with Gasteiger partial charge < -0.3 is 65.4 Å². The number of amides is 5. The predicted octanol–water partition coefficient (Wildman–Crippen LogP) is 4.46. The maximum atomic E-state index is 12.4. The van der Waals surface area contributed by atoms with Crippen LogP contribution in [0.5, 0.6) is 34.5 Å². The quantitative estimate of drug-likeness (QED) is 0.00607. The number of carbonyl (C=O) groups is 9. The topological polar surface area (TPSA) is 385 Å². The second-order valence-electron chi connectivity index (χ2n) is 19.9. The van der Waals surface area contributed by atoms with E-state index in [1.54, 1.807) is 66.7 Å². The molecule has 2 aliphatic heterocycles. The zero-order valence-corrected chi connectivity index (χ0v) is 64.2. The summed E-state index contributed by atoms with van der Waals surface area (Å²) in [5.74, 6) is -1.35. The molecule has 30 heteroatoms. The Morgan fingerprint density at radius 2 is 1.01 bits per heavy atom. The smallest absolute Gasteiger partial charge is 0.662 e. The number of aromatic hydroxyl groups is 3. The number of aliphatic carboxylic acids is 1. The number of carbonyl (C=O) groups excluding carboxylic acids is 8. The predicted molar refractivity (Wildman–Crippen MR) is 365 cm³/mol. The number of imide groups is 2. The summed E-state index contributed by atoms with van der Waals surface area (Å²) in [4.78, 5) is 104. The molecule has 515 valence electrons. The molecule has 2 heterocycles. The average Bonchev–Trinajstić information content (AvgIpc) is 1.64. The number of hydrogen-bond acceptors (Lipinski definition) is 20. The third-order valence-electron chi connectivity index (χ3n) is 13.1. The molecular weight excluding hydrogens is 1430 g/mol. The molecule has 0 aromatic heterocycles. The van der Waals surface area contributed by atoms with Gasteiger partial charge in [-0.2, -0.15) is 0 Å². The van der Waals surface area contributed by atoms with E-state index in [1.807, 2.05) is 94.3 Å². The molecule has 25 nitrogen and oxygen atoms in total. The van der Waals surface area contributed by atoms with Crippen LogP contribution in [0, 0.1) is 20.8 Å². The summed E-state index contributed by atoms with van der Waals surface area (Å²) in [7, 11) is -3.91. The van der Waals surface area contributed by atoms with Crippen molar-refractivity contribution >= 4 is 145 Å². The molecule has 5 amide bonds. The zero-order valence-electron chi connectivity index (χ0n) is 54.7. The van der Waals surface area contributed by atoms with E-state index >= 15 is 0 Å². The van der Waals surface area contributed by atoms with Crippen LogP contribution in [-0.2, 0) is 34.1 Å². The normalized spacial score (nSPS) is 11.4. The third-order valence-corrected chi connectivity index (χ3v) is 15.2. The number of sulfonamides is 1. The number of nitrogens with zero attached hydrogens (tertiary/aromatic N) is 2. The van der Waals surface area contributed by atoms with Crippen molar-refractivity contribution in [3.63, 3.8) is 0 Å². The molecule has 1 atom stereocenters. The van der Waals surface area contributed by atoms with Gasteiger partial charge >= 0.3 is 57.4 Å². The number of nitrogens with one attached hydrogen (secondary N) is 2. The standard InChI is InChI=1S/C20H22N2O9S.C18H17NO3.C11H10BrNO2.C10H15NO.C7H8O.CH2O3.CH2O.ClH.2K/c23-12-13(10-19(26)27)22-20(28)15-4-1-2-5-18(15)31-9-3-8-21-32(29,30)14-6-7-16(24)17(25)11-14;1-13-7-2-5-10-16(13)22-12-6-11-19-17(20)14-8-3-4-9-15(14)18(19)21;12-6-3-7-13-10(14)8-4-1-2-5-9(8)11(13)15;1-9-5-2-3-6-10(9)12-8-4-7-11;1-6-4-2-3-5-7(6)8;2-1-4-3;1-2;;;/h1-2,4-7,11-13,21,24-25H,3,8-10H2,(H,22,28)(H,26,27);2-5,7-10H,6,11-12H2,1H3;1-2,4-5H,3,6-7H2;2-3,5-6H,4,7-8,11H2,1H3;2-5,8H,1H3;1,3H;1H2;1H;;/q;;;;;;;;;+1/p-1/t13-;;;;;;;;;/m0........./s1. The van der Waals surface area contributed by atoms with Gasteiger partial charge in [0, 0.05) is 82.4 Å². The average molecular weight is 1510 g/mol. The second-order valence-corrected chi connectivity index (χ2v) is 22.5. The molecule has 1 radical (unpaired) electrons. The largest absolute Gasteiger partial charge is 1.00 e. The van der Waals surface area contributed by atoms with E-state index in [2.05, 4.69) is 30.9 Å². The van der Waals surface area contributed by atoms with Crippen LogP contribution in [0.15, 0.2) is 169 Å². The fourth-order valence-corrected chi connectivity index (χ4v) is 9.68. The first-order valence-electron chi connectivity index (χ1n) is 29.1. The zero-order chi connectivity index (χ0) is 70.3. The van der Waals surface area contributed by atoms with Crippen molar-refractivity contribution in [1.82, 2.24) is 19.8 Å². The van der Waals surface area contributed by atoms with Gasteiger partial charge in [0.2, 0.25) is 10.0 Å². The molecule has 8 N–H and O–H groups in total. The van der Waals surface area contributed by atoms with Crippen molar-refractivity contribution in [1.29, 1.82) is 0 Å². The SMILES string of the molecule is C=O.Cc1ccccc1O.Cc1ccccc1OCCCN.Cc1ccccc1OCCCN1C(=O)c2ccccc2C1=O.Cl.O=C1c2ccccc2C(=O)N1CCCBr.O=CO[O-].O=C[C@H](CC(=O)O)NC(=O)c1ccccc1OCCCNS(=O)(=O)c1ccc(O)c(O)c1.[K+].[K]. The maximum absolute atomic E-state index is 12.4. The van der Waals surface area contributed by atoms with E-state index in [9.17, 15) is 52.2 Å². The number of halogens is 2. The fraction of sp³-hybridized carbons (Fsp3) is 0.250. The number of carboxylic acids is 1. The van der Waals surface area contributed by atoms with Crippen molar-refractivity contribution in [3.05, 3.63) is 208 Å². The van der Waals surface area contributed by atoms with Gasteiger partial charge in [-0.1, -0.05) is 107 Å². The molecule has 0 saturated carbocycles. The van der Waals surface area contributed by atoms with E-state index in [0.29, 0.717) is 73.6 Å². The van der Waals surface area contributed by atoms with Crippen molar-refractivity contribution < 1.29 is 148 Å². The van der Waals surface area contributed by atoms with E-state index in [-0.39, 0.29) is 181 Å². The molecule has 0 bridgehead atoms. The molecule has 2 aliphatic rings. The van der Waals surface area contributed by atoms with Gasteiger partial charge in [-0.25, -0.2) is 13.1 Å². The number of benzene rings is 7. The molecule has 7 aromatic rings. The Labute approximate surface area is 668 Å². The van der Waals surface area contributed by atoms with Gasteiger partial charge in [0.05, 0.1) is 65.0 Å². The maximum Gasteiger partial charge on any atom is 1.00 e. The number of rotatable bonds is 25. The van der Waals surface area contributed by atoms with Gasteiger partial charge in [0.25, 0.3) is 36.0 Å². The van der Waals surface area contributed by atoms with Crippen LogP contribution in [0.4, 0.5) is 0 Å². The van der Waals surface area contributed by atoms with Crippen LogP contribution in [0.25, 0.3) is 0 Å². The van der Waals surface area contributed by atoms with Crippen LogP contribution in [-0.4, -0.2) is 202 Å². The number of ether oxygens (including phenoxy) is 3. The van der Waals surface area contributed by atoms with E-state index in [1.165, 1.54) is 27.5 Å². The molecule has 9 rings (SSSR count). The summed E-state index contributed by atoms with van der Waals surface area (Å²) in [6, 6.07) is 45.0. The van der Waals surface area contributed by atoms with E-state index < -0.39 is 45.9 Å². The first-order chi connectivity index (χ1) is 45.6. The van der Waals surface area contributed by atoms with E-state index in [4.69, 9.17) is 45.0 Å². The number of para-hydroxylation sites is 4. The minimum absolute atomic E-state index is 0. The summed E-state index contributed by atoms with van der Waals surface area (Å²) in [5.41, 5.74) is 10.6. The number of alkyl halides is 1. The number of aryl methyl sites for hydroxylation is 3. The number of nitrogens with two attached hydrogens (primary N) is 1. The monoisotopic (exact) mass is 1510 g/mol. The van der Waals surface area contributed by atoms with Crippen LogP contribution in [0.3, 0.4) is 0 Å². The number of aldehydes is 1. The van der Waals surface area contributed by atoms with Crippen LogP contribution < -0.4 is 86.6 Å². The molecule has 7 aromatic carbocycles. The Morgan fingerprint density at radius 3 is 1.42 bits per heavy atom. The third kappa shape index (κ3) is 30.8. The van der Waals surface area contributed by atoms with Crippen LogP contribution in [0.2, 0.25) is 0 Å². The summed E-state index contributed by atoms with van der Waals surface area (Å²) >= 11 is 3.28. The number of phenols is 3. The van der Waals surface area contributed by atoms with Crippen molar-refractivity contribution in [2.24, 2.45) is 5.73 Å². The molecular formula is C68H76BrClK2N5O20S. The minimum Gasteiger partial charge on any atom is -0.662 e. The van der Waals surface area contributed by atoms with Gasteiger partial charge in [-0.3, -0.25) is 43.4 Å². The molecule has 0 unspecified atom stereocenters. The summed E-state index contributed by atoms with van der Waals surface area (Å²) in [6.45, 7) is 10.5. The number of hydrogen-bond donors (Lipinski definition) is 7. The molecule has 98 heavy (non-hydrogen) atoms. The van der Waals surface area contributed by atoms with Gasteiger partial charge in [0.15, 0.2) is 11.5 Å². The van der Waals surface area contributed by atoms with Crippen molar-refractivity contribution in [2.75, 3.05) is 51.3 Å². The molecule has 0 saturated heterocycles. The summed E-state index contributed by atoms with van der Waals surface area (Å²) in [5, 5.41) is 47.9. The van der Waals surface area contributed by atoms with Crippen LogP contribution >= 0.6 is 28.3 Å². The summed E-state index contributed by atoms with van der Waals surface area (Å²) in [6.07, 6.45) is 2.31. The van der Waals surface area contributed by atoms with Crippen molar-refractivity contribution in [3.8, 4) is 34.5 Å². The Kier molecular flexibility index (Phi) is 47.1. The second kappa shape index (κ2) is 50.5. The Balaban J connectivity index is 0.00000124.